The zero-order valence-electron chi connectivity index (χ0n) is 14.4. The van der Waals surface area contributed by atoms with Crippen LogP contribution < -0.4 is 10.1 Å². The van der Waals surface area contributed by atoms with Crippen molar-refractivity contribution >= 4 is 17.9 Å². The summed E-state index contributed by atoms with van der Waals surface area (Å²) in [6, 6.07) is 9.37. The number of nitrogens with zero attached hydrogens (tertiary/aromatic N) is 2. The fourth-order valence-electron chi connectivity index (χ4n) is 2.79. The molecule has 6 heteroatoms. The maximum Gasteiger partial charge on any atom is 0.244 e. The summed E-state index contributed by atoms with van der Waals surface area (Å²) in [7, 11) is 1.61. The number of nitrogens with one attached hydrogen (secondary N) is 1. The van der Waals surface area contributed by atoms with E-state index in [9.17, 15) is 9.59 Å². The first-order valence-corrected chi connectivity index (χ1v) is 8.37. The number of carbonyl (C=O) groups excluding carboxylic acids is 2. The number of nitriles is 1. The van der Waals surface area contributed by atoms with Crippen molar-refractivity contribution in [1.29, 1.82) is 5.26 Å². The summed E-state index contributed by atoms with van der Waals surface area (Å²) in [5.74, 6) is 0.873. The molecular weight excluding hydrogens is 318 g/mol. The molecule has 0 aliphatic carbocycles. The van der Waals surface area contributed by atoms with Gasteiger partial charge < -0.3 is 15.0 Å². The molecule has 2 rings (SSSR count). The molecule has 0 unspecified atom stereocenters. The molecular formula is C19H23N3O3. The number of piperidine rings is 1. The lowest BCUT2D eigenvalue weighted by Crippen LogP contribution is -2.41. The number of carbonyl (C=O) groups is 2. The molecule has 6 nitrogen and oxygen atoms in total. The minimum Gasteiger partial charge on any atom is -0.497 e. The van der Waals surface area contributed by atoms with Crippen LogP contribution in [0.15, 0.2) is 30.3 Å². The molecule has 1 aromatic carbocycles. The van der Waals surface area contributed by atoms with Crippen LogP contribution in [0.5, 0.6) is 5.75 Å². The van der Waals surface area contributed by atoms with Crippen LogP contribution in [0.1, 0.15) is 24.8 Å². The van der Waals surface area contributed by atoms with Crippen LogP contribution in [0.2, 0.25) is 0 Å². The van der Waals surface area contributed by atoms with Gasteiger partial charge >= 0.3 is 0 Å². The topological polar surface area (TPSA) is 82.4 Å². The molecule has 1 aromatic rings. The molecule has 132 valence electrons. The third-order valence-corrected chi connectivity index (χ3v) is 4.28. The first kappa shape index (κ1) is 18.5. The smallest absolute Gasteiger partial charge is 0.244 e. The Hall–Kier alpha value is -2.81. The second-order valence-corrected chi connectivity index (χ2v) is 6.01. The van der Waals surface area contributed by atoms with Crippen LogP contribution in [0.25, 0.3) is 6.08 Å². The fourth-order valence-corrected chi connectivity index (χ4v) is 2.79. The molecule has 1 N–H and O–H groups in total. The maximum absolute atomic E-state index is 11.9. The normalized spacial score (nSPS) is 15.0. The summed E-state index contributed by atoms with van der Waals surface area (Å²) in [5, 5.41) is 11.5. The van der Waals surface area contributed by atoms with Gasteiger partial charge in [0, 0.05) is 25.7 Å². The number of hydrogen-bond acceptors (Lipinski definition) is 4. The summed E-state index contributed by atoms with van der Waals surface area (Å²) in [6.07, 6.45) is 4.89. The predicted octanol–water partition coefficient (Wildman–Crippen LogP) is 1.98. The number of benzene rings is 1. The predicted molar refractivity (Wildman–Crippen MR) is 94.6 cm³/mol. The number of hydrogen-bond donors (Lipinski definition) is 1. The minimum atomic E-state index is -0.134. The Morgan fingerprint density at radius 3 is 2.84 bits per heavy atom. The fraction of sp³-hybridized carbons (Fsp3) is 0.421. The zero-order valence-corrected chi connectivity index (χ0v) is 14.4. The third-order valence-electron chi connectivity index (χ3n) is 4.28. The lowest BCUT2D eigenvalue weighted by Gasteiger charge is -2.31. The SMILES string of the molecule is COc1cccc(/C=C/C(=O)NCC2CCN(C(=O)CC#N)CC2)c1. The standard InChI is InChI=1S/C19H23N3O3/c1-25-17-4-2-3-15(13-17)5-6-18(23)21-14-16-8-11-22(12-9-16)19(24)7-10-20/h2-6,13,16H,7-9,11-12,14H2,1H3,(H,21,23)/b6-5+. The summed E-state index contributed by atoms with van der Waals surface area (Å²) >= 11 is 0. The van der Waals surface area contributed by atoms with Crippen molar-refractivity contribution < 1.29 is 14.3 Å². The Morgan fingerprint density at radius 1 is 1.40 bits per heavy atom. The van der Waals surface area contributed by atoms with Gasteiger partial charge in [0.25, 0.3) is 0 Å². The maximum atomic E-state index is 11.9. The first-order valence-electron chi connectivity index (χ1n) is 8.37. The second kappa shape index (κ2) is 9.48. The van der Waals surface area contributed by atoms with Crippen molar-refractivity contribution in [3.8, 4) is 11.8 Å². The van der Waals surface area contributed by atoms with Gasteiger partial charge in [0.2, 0.25) is 11.8 Å². The van der Waals surface area contributed by atoms with Gasteiger partial charge in [-0.15, -0.1) is 0 Å². The summed E-state index contributed by atoms with van der Waals surface area (Å²) in [4.78, 5) is 25.3. The number of likely N-dealkylation sites (tertiary alicyclic amines) is 1. The highest BCUT2D eigenvalue weighted by Gasteiger charge is 2.22. The van der Waals surface area contributed by atoms with Crippen LogP contribution in [0, 0.1) is 17.2 Å². The third kappa shape index (κ3) is 5.96. The molecule has 1 heterocycles. The molecule has 0 aromatic heterocycles. The lowest BCUT2D eigenvalue weighted by atomic mass is 9.96. The van der Waals surface area contributed by atoms with Crippen LogP contribution in [-0.4, -0.2) is 43.5 Å². The van der Waals surface area contributed by atoms with E-state index >= 15 is 0 Å². The van der Waals surface area contributed by atoms with Gasteiger partial charge in [-0.1, -0.05) is 12.1 Å². The van der Waals surface area contributed by atoms with Gasteiger partial charge in [0.05, 0.1) is 13.2 Å². The van der Waals surface area contributed by atoms with E-state index in [0.29, 0.717) is 25.6 Å². The van der Waals surface area contributed by atoms with Gasteiger partial charge in [0.1, 0.15) is 12.2 Å². The Morgan fingerprint density at radius 2 is 2.16 bits per heavy atom. The van der Waals surface area contributed by atoms with E-state index in [1.54, 1.807) is 18.1 Å². The van der Waals surface area contributed by atoms with Crippen LogP contribution >= 0.6 is 0 Å². The number of amides is 2. The Labute approximate surface area is 148 Å². The summed E-state index contributed by atoms with van der Waals surface area (Å²) in [6.45, 7) is 1.91. The van der Waals surface area contributed by atoms with E-state index < -0.39 is 0 Å². The molecule has 1 saturated heterocycles. The van der Waals surface area contributed by atoms with E-state index in [-0.39, 0.29) is 18.2 Å². The average molecular weight is 341 g/mol. The van der Waals surface area contributed by atoms with Crippen molar-refractivity contribution in [3.05, 3.63) is 35.9 Å². The van der Waals surface area contributed by atoms with E-state index in [2.05, 4.69) is 5.32 Å². The number of methoxy groups -OCH3 is 1. The highest BCUT2D eigenvalue weighted by Crippen LogP contribution is 2.17. The quantitative estimate of drug-likeness (QED) is 0.802. The lowest BCUT2D eigenvalue weighted by molar-refractivity contribution is -0.131. The summed E-state index contributed by atoms with van der Waals surface area (Å²) < 4.78 is 5.15. The van der Waals surface area contributed by atoms with Crippen LogP contribution in [0.4, 0.5) is 0 Å². The molecule has 0 atom stereocenters. The first-order chi connectivity index (χ1) is 12.1. The van der Waals surface area contributed by atoms with Gasteiger partial charge in [-0.05, 0) is 42.5 Å². The molecule has 2 amide bonds. The molecule has 25 heavy (non-hydrogen) atoms. The van der Waals surface area contributed by atoms with Crippen molar-refractivity contribution in [2.24, 2.45) is 5.92 Å². The van der Waals surface area contributed by atoms with E-state index in [1.807, 2.05) is 30.3 Å². The molecule has 1 aliphatic rings. The highest BCUT2D eigenvalue weighted by atomic mass is 16.5. The van der Waals surface area contributed by atoms with Gasteiger partial charge in [-0.25, -0.2) is 0 Å². The largest absolute Gasteiger partial charge is 0.497 e. The van der Waals surface area contributed by atoms with Gasteiger partial charge in [-0.2, -0.15) is 5.26 Å². The Bertz CT molecular complexity index is 671. The van der Waals surface area contributed by atoms with Crippen LogP contribution in [-0.2, 0) is 9.59 Å². The molecule has 1 aliphatic heterocycles. The Balaban J connectivity index is 1.73. The molecule has 1 fully saturated rings. The number of ether oxygens (including phenoxy) is 1. The molecule has 0 radical (unpaired) electrons. The highest BCUT2D eigenvalue weighted by molar-refractivity contribution is 5.91. The van der Waals surface area contributed by atoms with Gasteiger partial charge in [-0.3, -0.25) is 9.59 Å². The number of rotatable bonds is 6. The van der Waals surface area contributed by atoms with E-state index in [4.69, 9.17) is 10.00 Å². The minimum absolute atomic E-state index is 0.0591. The zero-order chi connectivity index (χ0) is 18.1. The van der Waals surface area contributed by atoms with Crippen LogP contribution in [0.3, 0.4) is 0 Å². The second-order valence-electron chi connectivity index (χ2n) is 6.01. The van der Waals surface area contributed by atoms with E-state index in [0.717, 1.165) is 24.2 Å². The summed E-state index contributed by atoms with van der Waals surface area (Å²) in [5.41, 5.74) is 0.902. The molecule has 0 bridgehead atoms. The Kier molecular flexibility index (Phi) is 7.02. The van der Waals surface area contributed by atoms with Gasteiger partial charge in [0.15, 0.2) is 0 Å². The molecule has 0 spiro atoms. The van der Waals surface area contributed by atoms with Crippen molar-refractivity contribution in [3.63, 3.8) is 0 Å². The molecule has 0 saturated carbocycles. The van der Waals surface area contributed by atoms with Crippen molar-refractivity contribution in [2.45, 2.75) is 19.3 Å². The van der Waals surface area contributed by atoms with Crippen molar-refractivity contribution in [1.82, 2.24) is 10.2 Å². The van der Waals surface area contributed by atoms with Crippen molar-refractivity contribution in [2.75, 3.05) is 26.7 Å². The monoisotopic (exact) mass is 341 g/mol. The van der Waals surface area contributed by atoms with E-state index in [1.165, 1.54) is 6.08 Å². The average Bonchev–Trinajstić information content (AvgIpc) is 2.65.